The summed E-state index contributed by atoms with van der Waals surface area (Å²) in [5.41, 5.74) is 2.85. The molecule has 2 amide bonds. The zero-order valence-corrected chi connectivity index (χ0v) is 21.1. The van der Waals surface area contributed by atoms with Gasteiger partial charge in [0.05, 0.1) is 0 Å². The Morgan fingerprint density at radius 3 is 2.27 bits per heavy atom. The standard InChI is InChI=1S/C29H28ClN5O2/c30-23-15-11-22(12-16-23)29(37)32-25-17-13-20(14-18-25)27-33-28(21-7-3-1-4-8-21)35(34-27)19-26(36)31-24-9-5-2-6-10-24/h1,3-4,7-8,11-18,24H,2,5-6,9-10,19H2,(H,31,36)(H,32,37). The molecule has 0 atom stereocenters. The number of nitrogens with zero attached hydrogens (tertiary/aromatic N) is 3. The van der Waals surface area contributed by atoms with Crippen LogP contribution >= 0.6 is 11.6 Å². The Hall–Kier alpha value is -3.97. The molecule has 0 unspecified atom stereocenters. The maximum absolute atomic E-state index is 12.8. The van der Waals surface area contributed by atoms with Crippen molar-refractivity contribution >= 4 is 29.1 Å². The van der Waals surface area contributed by atoms with Crippen molar-refractivity contribution in [1.82, 2.24) is 20.1 Å². The van der Waals surface area contributed by atoms with E-state index in [1.54, 1.807) is 28.9 Å². The lowest BCUT2D eigenvalue weighted by atomic mass is 9.95. The molecule has 0 radical (unpaired) electrons. The molecule has 2 N–H and O–H groups in total. The molecule has 1 aromatic heterocycles. The number of nitrogens with one attached hydrogen (secondary N) is 2. The fourth-order valence-electron chi connectivity index (χ4n) is 4.54. The lowest BCUT2D eigenvalue weighted by Gasteiger charge is -2.22. The van der Waals surface area contributed by atoms with Crippen molar-refractivity contribution in [2.45, 2.75) is 44.7 Å². The van der Waals surface area contributed by atoms with E-state index in [9.17, 15) is 9.59 Å². The molecule has 0 bridgehead atoms. The van der Waals surface area contributed by atoms with Crippen molar-refractivity contribution in [2.75, 3.05) is 5.32 Å². The van der Waals surface area contributed by atoms with Gasteiger partial charge in [0, 0.05) is 33.4 Å². The quantitative estimate of drug-likeness (QED) is 0.319. The second kappa shape index (κ2) is 11.4. The molecule has 8 heteroatoms. The Kier molecular flexibility index (Phi) is 7.61. The lowest BCUT2D eigenvalue weighted by molar-refractivity contribution is -0.122. The Morgan fingerprint density at radius 2 is 1.57 bits per heavy atom. The Balaban J connectivity index is 1.34. The van der Waals surface area contributed by atoms with E-state index in [1.807, 2.05) is 54.6 Å². The summed E-state index contributed by atoms with van der Waals surface area (Å²) in [5, 5.41) is 11.3. The van der Waals surface area contributed by atoms with Crippen LogP contribution in [-0.4, -0.2) is 32.6 Å². The summed E-state index contributed by atoms with van der Waals surface area (Å²) in [5.74, 6) is 0.873. The van der Waals surface area contributed by atoms with Crippen LogP contribution in [0, 0.1) is 0 Å². The van der Waals surface area contributed by atoms with Crippen LogP contribution in [-0.2, 0) is 11.3 Å². The highest BCUT2D eigenvalue weighted by atomic mass is 35.5. The van der Waals surface area contributed by atoms with Gasteiger partial charge >= 0.3 is 0 Å². The predicted molar refractivity (Wildman–Crippen MR) is 145 cm³/mol. The summed E-state index contributed by atoms with van der Waals surface area (Å²) < 4.78 is 1.67. The summed E-state index contributed by atoms with van der Waals surface area (Å²) >= 11 is 5.91. The molecular formula is C29H28ClN5O2. The maximum Gasteiger partial charge on any atom is 0.255 e. The van der Waals surface area contributed by atoms with Crippen molar-refractivity contribution in [3.8, 4) is 22.8 Å². The third kappa shape index (κ3) is 6.24. The van der Waals surface area contributed by atoms with Crippen LogP contribution < -0.4 is 10.6 Å². The first kappa shape index (κ1) is 24.7. The highest BCUT2D eigenvalue weighted by molar-refractivity contribution is 6.30. The molecule has 1 saturated carbocycles. The molecule has 4 aromatic rings. The van der Waals surface area contributed by atoms with Gasteiger partial charge in [0.1, 0.15) is 6.54 Å². The van der Waals surface area contributed by atoms with E-state index in [0.717, 1.165) is 36.8 Å². The minimum Gasteiger partial charge on any atom is -0.352 e. The normalized spacial score (nSPS) is 13.8. The van der Waals surface area contributed by atoms with Crippen LogP contribution in [0.3, 0.4) is 0 Å². The van der Waals surface area contributed by atoms with Gasteiger partial charge in [-0.2, -0.15) is 0 Å². The van der Waals surface area contributed by atoms with E-state index in [2.05, 4.69) is 15.7 Å². The lowest BCUT2D eigenvalue weighted by Crippen LogP contribution is -2.38. The number of hydrogen-bond acceptors (Lipinski definition) is 4. The SMILES string of the molecule is O=C(Cn1nc(-c2ccc(NC(=O)c3ccc(Cl)cc3)cc2)nc1-c1ccccc1)NC1CCCCC1. The number of aromatic nitrogens is 3. The molecule has 0 spiro atoms. The average Bonchev–Trinajstić information content (AvgIpc) is 3.34. The minimum atomic E-state index is -0.220. The molecule has 1 heterocycles. The Morgan fingerprint density at radius 1 is 0.865 bits per heavy atom. The number of hydrogen-bond donors (Lipinski definition) is 2. The van der Waals surface area contributed by atoms with Gasteiger partial charge < -0.3 is 10.6 Å². The van der Waals surface area contributed by atoms with Crippen molar-refractivity contribution in [3.05, 3.63) is 89.4 Å². The molecule has 7 nitrogen and oxygen atoms in total. The molecule has 0 aliphatic heterocycles. The molecule has 0 saturated heterocycles. The topological polar surface area (TPSA) is 88.9 Å². The van der Waals surface area contributed by atoms with Gasteiger partial charge in [-0.15, -0.1) is 5.10 Å². The second-order valence-electron chi connectivity index (χ2n) is 9.22. The second-order valence-corrected chi connectivity index (χ2v) is 9.66. The van der Waals surface area contributed by atoms with Gasteiger partial charge in [0.25, 0.3) is 5.91 Å². The van der Waals surface area contributed by atoms with Gasteiger partial charge in [0.2, 0.25) is 5.91 Å². The first-order valence-electron chi connectivity index (χ1n) is 12.5. The van der Waals surface area contributed by atoms with E-state index < -0.39 is 0 Å². The summed E-state index contributed by atoms with van der Waals surface area (Å²) in [6, 6.07) is 24.0. The maximum atomic E-state index is 12.8. The Bertz CT molecular complexity index is 1360. The largest absolute Gasteiger partial charge is 0.352 e. The molecule has 1 aliphatic rings. The van der Waals surface area contributed by atoms with E-state index >= 15 is 0 Å². The molecule has 3 aromatic carbocycles. The summed E-state index contributed by atoms with van der Waals surface area (Å²) in [7, 11) is 0. The van der Waals surface area contributed by atoms with Gasteiger partial charge in [0.15, 0.2) is 11.6 Å². The monoisotopic (exact) mass is 513 g/mol. The van der Waals surface area contributed by atoms with Crippen LogP contribution in [0.2, 0.25) is 5.02 Å². The van der Waals surface area contributed by atoms with Gasteiger partial charge in [-0.25, -0.2) is 9.67 Å². The molecule has 1 fully saturated rings. The third-order valence-corrected chi connectivity index (χ3v) is 6.73. The van der Waals surface area contributed by atoms with Crippen LogP contribution in [0.4, 0.5) is 5.69 Å². The molecule has 37 heavy (non-hydrogen) atoms. The molecule has 188 valence electrons. The van der Waals surface area contributed by atoms with Crippen molar-refractivity contribution < 1.29 is 9.59 Å². The number of carbonyl (C=O) groups excluding carboxylic acids is 2. The molecule has 5 rings (SSSR count). The fraction of sp³-hybridized carbons (Fsp3) is 0.241. The van der Waals surface area contributed by atoms with Crippen molar-refractivity contribution in [1.29, 1.82) is 0 Å². The van der Waals surface area contributed by atoms with Crippen LogP contribution in [0.1, 0.15) is 42.5 Å². The number of anilines is 1. The van der Waals surface area contributed by atoms with Crippen LogP contribution in [0.25, 0.3) is 22.8 Å². The number of benzene rings is 3. The number of amides is 2. The average molecular weight is 514 g/mol. The third-order valence-electron chi connectivity index (χ3n) is 6.47. The van der Waals surface area contributed by atoms with E-state index in [0.29, 0.717) is 27.9 Å². The van der Waals surface area contributed by atoms with E-state index in [4.69, 9.17) is 16.6 Å². The first-order chi connectivity index (χ1) is 18.0. The summed E-state index contributed by atoms with van der Waals surface area (Å²) in [6.07, 6.45) is 5.61. The van der Waals surface area contributed by atoms with Gasteiger partial charge in [-0.1, -0.05) is 61.2 Å². The zero-order valence-electron chi connectivity index (χ0n) is 20.4. The van der Waals surface area contributed by atoms with Gasteiger partial charge in [-0.3, -0.25) is 9.59 Å². The highest BCUT2D eigenvalue weighted by Gasteiger charge is 2.19. The van der Waals surface area contributed by atoms with Crippen molar-refractivity contribution in [3.63, 3.8) is 0 Å². The highest BCUT2D eigenvalue weighted by Crippen LogP contribution is 2.24. The van der Waals surface area contributed by atoms with E-state index in [-0.39, 0.29) is 24.4 Å². The Labute approximate surface area is 220 Å². The zero-order chi connectivity index (χ0) is 25.6. The fourth-order valence-corrected chi connectivity index (χ4v) is 4.66. The van der Waals surface area contributed by atoms with Crippen LogP contribution in [0.5, 0.6) is 0 Å². The van der Waals surface area contributed by atoms with Gasteiger partial charge in [-0.05, 0) is 61.4 Å². The molecular weight excluding hydrogens is 486 g/mol. The molecule has 1 aliphatic carbocycles. The smallest absolute Gasteiger partial charge is 0.255 e. The predicted octanol–water partition coefficient (Wildman–Crippen LogP) is 5.97. The number of carbonyl (C=O) groups is 2. The number of halogens is 1. The first-order valence-corrected chi connectivity index (χ1v) is 12.9. The van der Waals surface area contributed by atoms with E-state index in [1.165, 1.54) is 6.42 Å². The number of rotatable bonds is 7. The van der Waals surface area contributed by atoms with Crippen molar-refractivity contribution in [2.24, 2.45) is 0 Å². The minimum absolute atomic E-state index is 0.0548. The summed E-state index contributed by atoms with van der Waals surface area (Å²) in [4.78, 5) is 30.1. The summed E-state index contributed by atoms with van der Waals surface area (Å²) in [6.45, 7) is 0.100. The van der Waals surface area contributed by atoms with Crippen LogP contribution in [0.15, 0.2) is 78.9 Å².